The van der Waals surface area contributed by atoms with E-state index in [-0.39, 0.29) is 5.82 Å². The molecule has 1 aromatic rings. The monoisotopic (exact) mass is 257 g/mol. The maximum Gasteiger partial charge on any atom is 0.224 e. The molecule has 2 N–H and O–H groups in total. The Kier molecular flexibility index (Phi) is 5.24. The summed E-state index contributed by atoms with van der Waals surface area (Å²) < 4.78 is 13.3. The molecule has 0 aromatic carbocycles. The van der Waals surface area contributed by atoms with Crippen LogP contribution in [0.3, 0.4) is 0 Å². The SMILES string of the molecule is CN(C)CC(O)CNc1ncc(F)c(N(C)C)n1. The van der Waals surface area contributed by atoms with Gasteiger partial charge in [-0.2, -0.15) is 4.98 Å². The summed E-state index contributed by atoms with van der Waals surface area (Å²) in [4.78, 5) is 11.3. The van der Waals surface area contributed by atoms with Crippen LogP contribution in [0.4, 0.5) is 16.2 Å². The van der Waals surface area contributed by atoms with E-state index in [1.807, 2.05) is 19.0 Å². The zero-order valence-corrected chi connectivity index (χ0v) is 11.2. The van der Waals surface area contributed by atoms with E-state index in [9.17, 15) is 9.50 Å². The van der Waals surface area contributed by atoms with Gasteiger partial charge in [-0.05, 0) is 14.1 Å². The van der Waals surface area contributed by atoms with E-state index in [0.717, 1.165) is 6.20 Å². The van der Waals surface area contributed by atoms with Crippen molar-refractivity contribution >= 4 is 11.8 Å². The Morgan fingerprint density at radius 2 is 2.06 bits per heavy atom. The van der Waals surface area contributed by atoms with Gasteiger partial charge in [0, 0.05) is 27.2 Å². The van der Waals surface area contributed by atoms with Crippen LogP contribution in [0, 0.1) is 5.82 Å². The number of aliphatic hydroxyl groups excluding tert-OH is 1. The predicted octanol–water partition coefficient (Wildman–Crippen LogP) is 0.0161. The van der Waals surface area contributed by atoms with Gasteiger partial charge in [0.15, 0.2) is 11.6 Å². The molecule has 0 amide bonds. The largest absolute Gasteiger partial charge is 0.390 e. The van der Waals surface area contributed by atoms with E-state index in [1.165, 1.54) is 0 Å². The second-order valence-corrected chi connectivity index (χ2v) is 4.56. The molecule has 1 atom stereocenters. The Morgan fingerprint density at radius 3 is 2.61 bits per heavy atom. The highest BCUT2D eigenvalue weighted by atomic mass is 19.1. The average molecular weight is 257 g/mol. The molecule has 0 aliphatic heterocycles. The van der Waals surface area contributed by atoms with E-state index in [4.69, 9.17) is 0 Å². The van der Waals surface area contributed by atoms with Crippen molar-refractivity contribution in [1.29, 1.82) is 0 Å². The molecule has 18 heavy (non-hydrogen) atoms. The molecule has 1 unspecified atom stereocenters. The van der Waals surface area contributed by atoms with Gasteiger partial charge in [0.25, 0.3) is 0 Å². The van der Waals surface area contributed by atoms with Crippen molar-refractivity contribution in [2.45, 2.75) is 6.10 Å². The Morgan fingerprint density at radius 1 is 1.39 bits per heavy atom. The first kappa shape index (κ1) is 14.6. The summed E-state index contributed by atoms with van der Waals surface area (Å²) >= 11 is 0. The number of likely N-dealkylation sites (N-methyl/N-ethyl adjacent to an activating group) is 1. The lowest BCUT2D eigenvalue weighted by atomic mass is 10.3. The first-order valence-corrected chi connectivity index (χ1v) is 5.66. The third-order valence-corrected chi connectivity index (χ3v) is 2.22. The Bertz CT molecular complexity index is 386. The first-order valence-electron chi connectivity index (χ1n) is 5.66. The lowest BCUT2D eigenvalue weighted by Crippen LogP contribution is -2.31. The summed E-state index contributed by atoms with van der Waals surface area (Å²) in [6, 6.07) is 0. The number of nitrogens with one attached hydrogen (secondary N) is 1. The van der Waals surface area contributed by atoms with Crippen molar-refractivity contribution in [2.75, 3.05) is 51.5 Å². The fourth-order valence-electron chi connectivity index (χ4n) is 1.45. The third-order valence-electron chi connectivity index (χ3n) is 2.22. The number of halogens is 1. The van der Waals surface area contributed by atoms with Gasteiger partial charge in [0.2, 0.25) is 5.95 Å². The predicted molar refractivity (Wildman–Crippen MR) is 69.4 cm³/mol. The smallest absolute Gasteiger partial charge is 0.224 e. The topological polar surface area (TPSA) is 64.5 Å². The molecule has 6 nitrogen and oxygen atoms in total. The molecule has 0 bridgehead atoms. The number of aromatic nitrogens is 2. The van der Waals surface area contributed by atoms with Crippen LogP contribution in [0.15, 0.2) is 6.20 Å². The quantitative estimate of drug-likeness (QED) is 0.749. The van der Waals surface area contributed by atoms with Gasteiger partial charge in [-0.3, -0.25) is 0 Å². The van der Waals surface area contributed by atoms with Crippen LogP contribution >= 0.6 is 0 Å². The number of hydrogen-bond donors (Lipinski definition) is 2. The molecule has 1 rings (SSSR count). The van der Waals surface area contributed by atoms with Gasteiger partial charge in [0.1, 0.15) is 0 Å². The zero-order valence-electron chi connectivity index (χ0n) is 11.2. The molecule has 0 fully saturated rings. The molecule has 7 heteroatoms. The van der Waals surface area contributed by atoms with Crippen LogP contribution in [0.5, 0.6) is 0 Å². The maximum atomic E-state index is 13.3. The van der Waals surface area contributed by atoms with Gasteiger partial charge in [-0.1, -0.05) is 0 Å². The van der Waals surface area contributed by atoms with E-state index in [2.05, 4.69) is 15.3 Å². The molecule has 0 aliphatic carbocycles. The Balaban J connectivity index is 2.60. The molecule has 0 radical (unpaired) electrons. The van der Waals surface area contributed by atoms with E-state index < -0.39 is 11.9 Å². The molecule has 1 aromatic heterocycles. The van der Waals surface area contributed by atoms with Crippen molar-refractivity contribution in [2.24, 2.45) is 0 Å². The maximum absolute atomic E-state index is 13.3. The molecule has 0 saturated heterocycles. The molecular formula is C11H20FN5O. The highest BCUT2D eigenvalue weighted by molar-refractivity contribution is 5.42. The minimum Gasteiger partial charge on any atom is -0.390 e. The fraction of sp³-hybridized carbons (Fsp3) is 0.636. The Hall–Kier alpha value is -1.47. The van der Waals surface area contributed by atoms with Gasteiger partial charge in [-0.15, -0.1) is 0 Å². The highest BCUT2D eigenvalue weighted by Gasteiger charge is 2.10. The van der Waals surface area contributed by atoms with Crippen molar-refractivity contribution in [1.82, 2.24) is 14.9 Å². The highest BCUT2D eigenvalue weighted by Crippen LogP contribution is 2.14. The number of aliphatic hydroxyl groups is 1. The number of rotatable bonds is 6. The van der Waals surface area contributed by atoms with Crippen LogP contribution in [-0.4, -0.2) is 67.4 Å². The lowest BCUT2D eigenvalue weighted by Gasteiger charge is -2.17. The van der Waals surface area contributed by atoms with Gasteiger partial charge in [0.05, 0.1) is 12.3 Å². The molecule has 0 spiro atoms. The van der Waals surface area contributed by atoms with Crippen molar-refractivity contribution < 1.29 is 9.50 Å². The minimum absolute atomic E-state index is 0.217. The summed E-state index contributed by atoms with van der Waals surface area (Å²) in [5.74, 6) is 0.0481. The summed E-state index contributed by atoms with van der Waals surface area (Å²) in [7, 11) is 7.16. The summed E-state index contributed by atoms with van der Waals surface area (Å²) in [6.07, 6.45) is 0.583. The normalized spacial score (nSPS) is 12.6. The van der Waals surface area contributed by atoms with E-state index in [0.29, 0.717) is 19.0 Å². The lowest BCUT2D eigenvalue weighted by molar-refractivity contribution is 0.148. The summed E-state index contributed by atoms with van der Waals surface area (Å²) in [6.45, 7) is 0.853. The first-order chi connectivity index (χ1) is 8.40. The Labute approximate surface area is 106 Å². The number of nitrogens with zero attached hydrogens (tertiary/aromatic N) is 4. The third kappa shape index (κ3) is 4.42. The number of anilines is 2. The second-order valence-electron chi connectivity index (χ2n) is 4.56. The molecule has 102 valence electrons. The van der Waals surface area contributed by atoms with Gasteiger partial charge >= 0.3 is 0 Å². The zero-order chi connectivity index (χ0) is 13.7. The minimum atomic E-state index is -0.531. The molecular weight excluding hydrogens is 237 g/mol. The van der Waals surface area contributed by atoms with Crippen LogP contribution in [-0.2, 0) is 0 Å². The van der Waals surface area contributed by atoms with Gasteiger partial charge in [-0.25, -0.2) is 9.37 Å². The van der Waals surface area contributed by atoms with Gasteiger partial charge < -0.3 is 20.2 Å². The van der Waals surface area contributed by atoms with E-state index >= 15 is 0 Å². The molecule has 0 saturated carbocycles. The number of hydrogen-bond acceptors (Lipinski definition) is 6. The van der Waals surface area contributed by atoms with Crippen LogP contribution in [0.1, 0.15) is 0 Å². The fourth-order valence-corrected chi connectivity index (χ4v) is 1.45. The standard InChI is InChI=1S/C11H20FN5O/c1-16(2)7-8(18)5-13-11-14-6-9(12)10(15-11)17(3)4/h6,8,18H,5,7H2,1-4H3,(H,13,14,15). The van der Waals surface area contributed by atoms with Crippen molar-refractivity contribution in [3.63, 3.8) is 0 Å². The van der Waals surface area contributed by atoms with Crippen molar-refractivity contribution in [3.05, 3.63) is 12.0 Å². The van der Waals surface area contributed by atoms with Crippen LogP contribution < -0.4 is 10.2 Å². The van der Waals surface area contributed by atoms with Crippen LogP contribution in [0.25, 0.3) is 0 Å². The van der Waals surface area contributed by atoms with Crippen molar-refractivity contribution in [3.8, 4) is 0 Å². The second kappa shape index (κ2) is 6.46. The summed E-state index contributed by atoms with van der Waals surface area (Å²) in [5.41, 5.74) is 0. The average Bonchev–Trinajstić information content (AvgIpc) is 2.26. The molecule has 0 aliphatic rings. The molecule has 1 heterocycles. The summed E-state index contributed by atoms with van der Waals surface area (Å²) in [5, 5.41) is 12.5. The van der Waals surface area contributed by atoms with E-state index in [1.54, 1.807) is 19.0 Å². The van der Waals surface area contributed by atoms with Crippen LogP contribution in [0.2, 0.25) is 0 Å².